The average molecular weight is 369 g/mol. The molecule has 0 aromatic heterocycles. The second-order valence-corrected chi connectivity index (χ2v) is 6.57. The molecule has 0 aliphatic carbocycles. The number of nitrogens with two attached hydrogens (primary N) is 1. The molecule has 0 radical (unpaired) electrons. The van der Waals surface area contributed by atoms with Crippen LogP contribution in [0.2, 0.25) is 0 Å². The van der Waals surface area contributed by atoms with Gasteiger partial charge in [-0.3, -0.25) is 0 Å². The van der Waals surface area contributed by atoms with Crippen molar-refractivity contribution in [2.75, 3.05) is 0 Å². The van der Waals surface area contributed by atoms with Crippen molar-refractivity contribution in [3.05, 3.63) is 63.2 Å². The van der Waals surface area contributed by atoms with Gasteiger partial charge in [0.15, 0.2) is 0 Å². The van der Waals surface area contributed by atoms with Gasteiger partial charge >= 0.3 is 0 Å². The van der Waals surface area contributed by atoms with E-state index in [1.165, 1.54) is 19.6 Å². The Kier molecular flexibility index (Phi) is 5.09. The highest BCUT2D eigenvalue weighted by molar-refractivity contribution is 14.1. The van der Waals surface area contributed by atoms with E-state index in [2.05, 4.69) is 71.1 Å². The molecule has 0 aliphatic rings. The SMILES string of the molecule is CC(N)c1cccc(SCc2ccc(I)cc2)c1. The standard InChI is InChI=1S/C15H16INS/c1-11(17)13-3-2-4-15(9-13)18-10-12-5-7-14(16)8-6-12/h2-9,11H,10,17H2,1H3. The fourth-order valence-electron chi connectivity index (χ4n) is 1.63. The summed E-state index contributed by atoms with van der Waals surface area (Å²) in [5, 5.41) is 0. The molecule has 0 spiro atoms. The maximum atomic E-state index is 5.90. The second kappa shape index (κ2) is 6.59. The van der Waals surface area contributed by atoms with Crippen LogP contribution in [0.4, 0.5) is 0 Å². The Bertz CT molecular complexity index is 508. The van der Waals surface area contributed by atoms with Crippen LogP contribution in [0, 0.1) is 3.57 Å². The lowest BCUT2D eigenvalue weighted by atomic mass is 10.1. The van der Waals surface area contributed by atoms with Gasteiger partial charge in [0.2, 0.25) is 0 Å². The van der Waals surface area contributed by atoms with Crippen molar-refractivity contribution in [3.63, 3.8) is 0 Å². The zero-order valence-corrected chi connectivity index (χ0v) is 13.2. The summed E-state index contributed by atoms with van der Waals surface area (Å²) in [5.74, 6) is 0.999. The van der Waals surface area contributed by atoms with E-state index in [0.29, 0.717) is 0 Å². The molecule has 0 aliphatic heterocycles. The minimum Gasteiger partial charge on any atom is -0.324 e. The third-order valence-corrected chi connectivity index (χ3v) is 4.49. The molecule has 0 bridgehead atoms. The van der Waals surface area contributed by atoms with Crippen molar-refractivity contribution < 1.29 is 0 Å². The molecule has 2 aromatic rings. The predicted molar refractivity (Wildman–Crippen MR) is 87.8 cm³/mol. The number of thioether (sulfide) groups is 1. The molecular formula is C15H16INS. The monoisotopic (exact) mass is 369 g/mol. The molecule has 94 valence electrons. The van der Waals surface area contributed by atoms with Crippen molar-refractivity contribution in [2.24, 2.45) is 5.73 Å². The van der Waals surface area contributed by atoms with Crippen LogP contribution in [-0.2, 0) is 5.75 Å². The lowest BCUT2D eigenvalue weighted by molar-refractivity contribution is 0.815. The van der Waals surface area contributed by atoms with Gasteiger partial charge < -0.3 is 5.73 Å². The van der Waals surface area contributed by atoms with E-state index in [4.69, 9.17) is 5.73 Å². The zero-order chi connectivity index (χ0) is 13.0. The molecule has 0 saturated heterocycles. The topological polar surface area (TPSA) is 26.0 Å². The zero-order valence-electron chi connectivity index (χ0n) is 10.3. The number of hydrogen-bond donors (Lipinski definition) is 1. The van der Waals surface area contributed by atoms with Crippen LogP contribution in [-0.4, -0.2) is 0 Å². The Balaban J connectivity index is 2.01. The number of benzene rings is 2. The summed E-state index contributed by atoms with van der Waals surface area (Å²) in [5.41, 5.74) is 8.45. The normalized spacial score (nSPS) is 12.4. The van der Waals surface area contributed by atoms with Crippen LogP contribution < -0.4 is 5.73 Å². The number of halogens is 1. The Morgan fingerprint density at radius 2 is 1.89 bits per heavy atom. The Hall–Kier alpha value is -0.520. The predicted octanol–water partition coefficient (Wildman–Crippen LogP) is 4.60. The first-order chi connectivity index (χ1) is 8.65. The van der Waals surface area contributed by atoms with Gasteiger partial charge in [-0.05, 0) is 64.9 Å². The molecule has 0 heterocycles. The van der Waals surface area contributed by atoms with E-state index in [9.17, 15) is 0 Å². The molecule has 0 saturated carbocycles. The van der Waals surface area contributed by atoms with Crippen molar-refractivity contribution >= 4 is 34.4 Å². The highest BCUT2D eigenvalue weighted by atomic mass is 127. The van der Waals surface area contributed by atoms with Crippen molar-refractivity contribution in [3.8, 4) is 0 Å². The van der Waals surface area contributed by atoms with E-state index < -0.39 is 0 Å². The van der Waals surface area contributed by atoms with Crippen LogP contribution in [0.5, 0.6) is 0 Å². The molecule has 2 aromatic carbocycles. The van der Waals surface area contributed by atoms with Gasteiger partial charge in [0.05, 0.1) is 0 Å². The molecule has 3 heteroatoms. The first-order valence-corrected chi connectivity index (χ1v) is 7.94. The maximum absolute atomic E-state index is 5.90. The fourth-order valence-corrected chi connectivity index (χ4v) is 2.91. The summed E-state index contributed by atoms with van der Waals surface area (Å²) in [4.78, 5) is 1.28. The molecular weight excluding hydrogens is 353 g/mol. The minimum atomic E-state index is 0.101. The molecule has 1 unspecified atom stereocenters. The van der Waals surface area contributed by atoms with Crippen LogP contribution in [0.25, 0.3) is 0 Å². The Morgan fingerprint density at radius 3 is 2.56 bits per heavy atom. The van der Waals surface area contributed by atoms with Crippen molar-refractivity contribution in [1.82, 2.24) is 0 Å². The van der Waals surface area contributed by atoms with E-state index in [1.807, 2.05) is 18.7 Å². The van der Waals surface area contributed by atoms with Crippen molar-refractivity contribution in [1.29, 1.82) is 0 Å². The Morgan fingerprint density at radius 1 is 1.17 bits per heavy atom. The average Bonchev–Trinajstić information content (AvgIpc) is 2.38. The lowest BCUT2D eigenvalue weighted by Gasteiger charge is -2.08. The van der Waals surface area contributed by atoms with Gasteiger partial charge in [0.1, 0.15) is 0 Å². The molecule has 1 nitrogen and oxygen atoms in total. The maximum Gasteiger partial charge on any atom is 0.0266 e. The summed E-state index contributed by atoms with van der Waals surface area (Å²) in [6, 6.07) is 17.3. The second-order valence-electron chi connectivity index (χ2n) is 4.28. The fraction of sp³-hybridized carbons (Fsp3) is 0.200. The Labute approximate surface area is 126 Å². The van der Waals surface area contributed by atoms with Gasteiger partial charge in [-0.1, -0.05) is 24.3 Å². The van der Waals surface area contributed by atoms with Gasteiger partial charge in [0.25, 0.3) is 0 Å². The molecule has 2 rings (SSSR count). The number of hydrogen-bond acceptors (Lipinski definition) is 2. The first-order valence-electron chi connectivity index (χ1n) is 5.88. The van der Waals surface area contributed by atoms with Crippen LogP contribution in [0.3, 0.4) is 0 Å². The minimum absolute atomic E-state index is 0.101. The van der Waals surface area contributed by atoms with E-state index >= 15 is 0 Å². The first kappa shape index (κ1) is 13.9. The summed E-state index contributed by atoms with van der Waals surface area (Å²) in [6.07, 6.45) is 0. The highest BCUT2D eigenvalue weighted by Gasteiger charge is 2.01. The van der Waals surface area contributed by atoms with Crippen LogP contribution in [0.1, 0.15) is 24.1 Å². The number of rotatable bonds is 4. The van der Waals surface area contributed by atoms with Gasteiger partial charge in [0, 0.05) is 20.3 Å². The van der Waals surface area contributed by atoms with E-state index in [1.54, 1.807) is 0 Å². The molecule has 2 N–H and O–H groups in total. The van der Waals surface area contributed by atoms with Gasteiger partial charge in [-0.15, -0.1) is 11.8 Å². The van der Waals surface area contributed by atoms with E-state index in [0.717, 1.165) is 5.75 Å². The molecule has 0 fully saturated rings. The quantitative estimate of drug-likeness (QED) is 0.630. The van der Waals surface area contributed by atoms with Gasteiger partial charge in [-0.2, -0.15) is 0 Å². The molecule has 0 amide bonds. The highest BCUT2D eigenvalue weighted by Crippen LogP contribution is 2.25. The third-order valence-electron chi connectivity index (χ3n) is 2.70. The summed E-state index contributed by atoms with van der Waals surface area (Å²) in [7, 11) is 0. The smallest absolute Gasteiger partial charge is 0.0266 e. The molecule has 1 atom stereocenters. The van der Waals surface area contributed by atoms with Crippen LogP contribution >= 0.6 is 34.4 Å². The summed E-state index contributed by atoms with van der Waals surface area (Å²) in [6.45, 7) is 2.02. The van der Waals surface area contributed by atoms with Crippen LogP contribution in [0.15, 0.2) is 53.4 Å². The molecule has 18 heavy (non-hydrogen) atoms. The summed E-state index contributed by atoms with van der Waals surface area (Å²) < 4.78 is 1.28. The third kappa shape index (κ3) is 4.00. The summed E-state index contributed by atoms with van der Waals surface area (Å²) >= 11 is 4.18. The van der Waals surface area contributed by atoms with Gasteiger partial charge in [-0.25, -0.2) is 0 Å². The van der Waals surface area contributed by atoms with Crippen molar-refractivity contribution in [2.45, 2.75) is 23.6 Å². The largest absolute Gasteiger partial charge is 0.324 e. The lowest BCUT2D eigenvalue weighted by Crippen LogP contribution is -2.04. The van der Waals surface area contributed by atoms with E-state index in [-0.39, 0.29) is 6.04 Å².